The van der Waals surface area contributed by atoms with Crippen LogP contribution >= 0.6 is 0 Å². The van der Waals surface area contributed by atoms with Gasteiger partial charge in [-0.05, 0) is 23.1 Å². The van der Waals surface area contributed by atoms with Gasteiger partial charge in [-0.3, -0.25) is 14.5 Å². The van der Waals surface area contributed by atoms with Gasteiger partial charge in [0.2, 0.25) is 0 Å². The second-order valence-corrected chi connectivity index (χ2v) is 6.09. The molecule has 1 N–H and O–H groups in total. The molecule has 6 nitrogen and oxygen atoms in total. The van der Waals surface area contributed by atoms with Crippen LogP contribution in [-0.4, -0.2) is 34.6 Å². The second kappa shape index (κ2) is 7.82. The number of carbonyl (C=O) groups excluding carboxylic acids is 2. The summed E-state index contributed by atoms with van der Waals surface area (Å²) in [5.74, 6) is -1.94. The molecule has 0 aromatic heterocycles. The molecule has 1 atom stereocenters. The highest BCUT2D eigenvalue weighted by Crippen LogP contribution is 2.35. The van der Waals surface area contributed by atoms with E-state index in [-0.39, 0.29) is 18.9 Å². The van der Waals surface area contributed by atoms with Gasteiger partial charge < -0.3 is 9.84 Å². The third-order valence-corrected chi connectivity index (χ3v) is 4.38. The molecule has 1 amide bonds. The van der Waals surface area contributed by atoms with Gasteiger partial charge in [0.25, 0.3) is 0 Å². The smallest absolute Gasteiger partial charge is 0.418 e. The quantitative estimate of drug-likeness (QED) is 0.674. The molecule has 3 rings (SSSR count). The van der Waals surface area contributed by atoms with Gasteiger partial charge >= 0.3 is 18.0 Å². The zero-order chi connectivity index (χ0) is 18.5. The number of amides is 1. The van der Waals surface area contributed by atoms with Gasteiger partial charge in [-0.15, -0.1) is 0 Å². The van der Waals surface area contributed by atoms with E-state index in [0.29, 0.717) is 13.0 Å². The van der Waals surface area contributed by atoms with Crippen molar-refractivity contribution in [3.63, 3.8) is 0 Å². The number of nitrogens with zero attached hydrogens (tertiary/aromatic N) is 1. The van der Waals surface area contributed by atoms with E-state index >= 15 is 0 Å². The van der Waals surface area contributed by atoms with Crippen molar-refractivity contribution in [3.05, 3.63) is 71.3 Å². The largest absolute Gasteiger partial charge is 0.481 e. The van der Waals surface area contributed by atoms with E-state index in [1.807, 2.05) is 54.6 Å². The zero-order valence-electron chi connectivity index (χ0n) is 14.1. The Kier molecular flexibility index (Phi) is 5.31. The molecule has 1 unspecified atom stereocenters. The second-order valence-electron chi connectivity index (χ2n) is 6.09. The molecule has 1 aliphatic heterocycles. The molecular formula is C20H19NO5. The number of rotatable bonds is 4. The molecule has 1 heterocycles. The molecule has 6 heteroatoms. The molecule has 2 aromatic carbocycles. The van der Waals surface area contributed by atoms with Crippen LogP contribution in [0.3, 0.4) is 0 Å². The highest BCUT2D eigenvalue weighted by molar-refractivity contribution is 5.86. The van der Waals surface area contributed by atoms with Crippen LogP contribution in [0.2, 0.25) is 0 Å². The number of hydrogen-bond donors (Lipinski definition) is 1. The lowest BCUT2D eigenvalue weighted by molar-refractivity contribution is -0.144. The minimum Gasteiger partial charge on any atom is -0.481 e. The summed E-state index contributed by atoms with van der Waals surface area (Å²) in [5, 5.41) is 8.64. The molecule has 0 fully saturated rings. The first-order valence-corrected chi connectivity index (χ1v) is 8.42. The van der Waals surface area contributed by atoms with Crippen molar-refractivity contribution in [2.24, 2.45) is 0 Å². The van der Waals surface area contributed by atoms with Crippen LogP contribution in [0.4, 0.5) is 4.79 Å². The van der Waals surface area contributed by atoms with Gasteiger partial charge in [-0.1, -0.05) is 54.6 Å². The summed E-state index contributed by atoms with van der Waals surface area (Å²) in [6, 6.07) is 17.1. The van der Waals surface area contributed by atoms with Gasteiger partial charge in [0.15, 0.2) is 0 Å². The normalized spacial score (nSPS) is 15.8. The van der Waals surface area contributed by atoms with Crippen LogP contribution in [0, 0.1) is 0 Å². The molecule has 0 saturated heterocycles. The number of benzene rings is 2. The summed E-state index contributed by atoms with van der Waals surface area (Å²) < 4.78 is 4.89. The molecule has 0 spiro atoms. The van der Waals surface area contributed by atoms with E-state index in [4.69, 9.17) is 9.84 Å². The number of fused-ring (bicyclic) bond motifs is 1. The Morgan fingerprint density at radius 1 is 1.00 bits per heavy atom. The molecule has 0 radical (unpaired) electrons. The van der Waals surface area contributed by atoms with Crippen molar-refractivity contribution >= 4 is 18.0 Å². The monoisotopic (exact) mass is 353 g/mol. The highest BCUT2D eigenvalue weighted by atomic mass is 16.6. The lowest BCUT2D eigenvalue weighted by Gasteiger charge is -2.36. The number of aliphatic carboxylic acids is 1. The van der Waals surface area contributed by atoms with Crippen molar-refractivity contribution in [2.45, 2.75) is 25.3 Å². The Morgan fingerprint density at radius 3 is 2.42 bits per heavy atom. The van der Waals surface area contributed by atoms with Crippen molar-refractivity contribution in [3.8, 4) is 0 Å². The summed E-state index contributed by atoms with van der Waals surface area (Å²) in [7, 11) is 0. The molecule has 0 aliphatic carbocycles. The predicted molar refractivity (Wildman–Crippen MR) is 93.5 cm³/mol. The Balaban J connectivity index is 1.85. The van der Waals surface area contributed by atoms with E-state index < -0.39 is 18.0 Å². The van der Waals surface area contributed by atoms with Crippen LogP contribution in [0.1, 0.15) is 35.6 Å². The maximum absolute atomic E-state index is 12.6. The first kappa shape index (κ1) is 17.7. The third kappa shape index (κ3) is 3.91. The fraction of sp³-hybridized carbons (Fsp3) is 0.250. The number of ether oxygens (including phenoxy) is 1. The zero-order valence-corrected chi connectivity index (χ0v) is 14.1. The standard InChI is InChI=1S/C20H19NO5/c22-17(23)10-11-18(24)26-20(25)21-13-12-14-6-4-5-9-16(14)19(21)15-7-2-1-3-8-15/h1-9,19H,10-13H2,(H,22,23). The van der Waals surface area contributed by atoms with Crippen LogP contribution in [0.15, 0.2) is 54.6 Å². The van der Waals surface area contributed by atoms with E-state index in [9.17, 15) is 14.4 Å². The number of carbonyl (C=O) groups is 3. The minimum atomic E-state index is -1.11. The van der Waals surface area contributed by atoms with E-state index in [0.717, 1.165) is 16.7 Å². The molecule has 134 valence electrons. The first-order chi connectivity index (χ1) is 12.6. The molecule has 26 heavy (non-hydrogen) atoms. The third-order valence-electron chi connectivity index (χ3n) is 4.38. The van der Waals surface area contributed by atoms with Gasteiger partial charge in [0.05, 0.1) is 18.9 Å². The lowest BCUT2D eigenvalue weighted by atomic mass is 9.88. The Bertz CT molecular complexity index is 818. The maximum atomic E-state index is 12.6. The van der Waals surface area contributed by atoms with Gasteiger partial charge in [-0.2, -0.15) is 0 Å². The fourth-order valence-corrected chi connectivity index (χ4v) is 3.17. The first-order valence-electron chi connectivity index (χ1n) is 8.42. The molecule has 0 saturated carbocycles. The Labute approximate surface area is 151 Å². The lowest BCUT2D eigenvalue weighted by Crippen LogP contribution is -2.41. The predicted octanol–water partition coefficient (Wildman–Crippen LogP) is 3.16. The molecule has 1 aliphatic rings. The van der Waals surface area contributed by atoms with Crippen molar-refractivity contribution in [1.29, 1.82) is 0 Å². The SMILES string of the molecule is O=C(O)CCC(=O)OC(=O)N1CCc2ccccc2C1c1ccccc1. The van der Waals surface area contributed by atoms with Crippen LogP contribution in [0.5, 0.6) is 0 Å². The van der Waals surface area contributed by atoms with Gasteiger partial charge in [0.1, 0.15) is 0 Å². The van der Waals surface area contributed by atoms with Crippen molar-refractivity contribution < 1.29 is 24.2 Å². The Morgan fingerprint density at radius 2 is 1.69 bits per heavy atom. The number of carboxylic acids is 1. The number of esters is 1. The van der Waals surface area contributed by atoms with Crippen molar-refractivity contribution in [1.82, 2.24) is 4.90 Å². The summed E-state index contributed by atoms with van der Waals surface area (Å²) in [5.41, 5.74) is 3.08. The van der Waals surface area contributed by atoms with Crippen LogP contribution in [0.25, 0.3) is 0 Å². The topological polar surface area (TPSA) is 83.9 Å². The van der Waals surface area contributed by atoms with Crippen LogP contribution in [-0.2, 0) is 20.7 Å². The summed E-state index contributed by atoms with van der Waals surface area (Å²) in [4.78, 5) is 36.4. The summed E-state index contributed by atoms with van der Waals surface area (Å²) in [6.45, 7) is 0.418. The van der Waals surface area contributed by atoms with Crippen LogP contribution < -0.4 is 0 Å². The fourth-order valence-electron chi connectivity index (χ4n) is 3.17. The molecule has 2 aromatic rings. The Hall–Kier alpha value is -3.15. The number of carboxylic acid groups (broad SMARTS) is 1. The summed E-state index contributed by atoms with van der Waals surface area (Å²) in [6.07, 6.45) is -0.778. The average Bonchev–Trinajstić information content (AvgIpc) is 2.66. The minimum absolute atomic E-state index is 0.332. The number of hydrogen-bond acceptors (Lipinski definition) is 4. The van der Waals surface area contributed by atoms with Gasteiger partial charge in [-0.25, -0.2) is 4.79 Å². The molecule has 0 bridgehead atoms. The average molecular weight is 353 g/mol. The van der Waals surface area contributed by atoms with E-state index in [1.165, 1.54) is 4.90 Å². The van der Waals surface area contributed by atoms with Gasteiger partial charge in [0, 0.05) is 6.54 Å². The highest BCUT2D eigenvalue weighted by Gasteiger charge is 2.33. The summed E-state index contributed by atoms with van der Waals surface area (Å²) >= 11 is 0. The van der Waals surface area contributed by atoms with E-state index in [1.54, 1.807) is 0 Å². The van der Waals surface area contributed by atoms with Crippen molar-refractivity contribution in [2.75, 3.05) is 6.54 Å². The van der Waals surface area contributed by atoms with E-state index in [2.05, 4.69) is 0 Å². The molecular weight excluding hydrogens is 334 g/mol. The maximum Gasteiger partial charge on any atom is 0.418 e.